The Morgan fingerprint density at radius 3 is 2.31 bits per heavy atom. The van der Waals surface area contributed by atoms with Crippen LogP contribution in [0.5, 0.6) is 0 Å². The summed E-state index contributed by atoms with van der Waals surface area (Å²) in [6.45, 7) is 4.17. The van der Waals surface area contributed by atoms with Crippen molar-refractivity contribution in [1.29, 1.82) is 0 Å². The van der Waals surface area contributed by atoms with Crippen molar-refractivity contribution >= 4 is 11.0 Å². The number of hydrogen-bond donors (Lipinski definition) is 1. The van der Waals surface area contributed by atoms with E-state index in [0.29, 0.717) is 18.2 Å². The fourth-order valence-electron chi connectivity index (χ4n) is 3.79. The van der Waals surface area contributed by atoms with Gasteiger partial charge in [-0.15, -0.1) is 15.3 Å². The zero-order valence-corrected chi connectivity index (χ0v) is 17.3. The lowest BCUT2D eigenvalue weighted by atomic mass is 9.98. The first-order valence-electron chi connectivity index (χ1n) is 10.0. The quantitative estimate of drug-likeness (QED) is 0.449. The van der Waals surface area contributed by atoms with Gasteiger partial charge in [0.2, 0.25) is 0 Å². The van der Waals surface area contributed by atoms with E-state index in [4.69, 9.17) is 0 Å². The van der Waals surface area contributed by atoms with Gasteiger partial charge in [0.1, 0.15) is 11.3 Å². The van der Waals surface area contributed by atoms with Crippen molar-refractivity contribution in [3.63, 3.8) is 0 Å². The van der Waals surface area contributed by atoms with Crippen molar-refractivity contribution in [1.82, 2.24) is 40.4 Å². The number of aromatic nitrogens is 8. The number of halogens is 2. The first kappa shape index (κ1) is 19.9. The zero-order chi connectivity index (χ0) is 22.2. The van der Waals surface area contributed by atoms with Gasteiger partial charge in [-0.25, -0.2) is 10.1 Å². The van der Waals surface area contributed by atoms with Crippen molar-refractivity contribution in [2.75, 3.05) is 0 Å². The van der Waals surface area contributed by atoms with Crippen molar-refractivity contribution < 1.29 is 8.78 Å². The van der Waals surface area contributed by atoms with Gasteiger partial charge < -0.3 is 4.57 Å². The Morgan fingerprint density at radius 1 is 0.906 bits per heavy atom. The van der Waals surface area contributed by atoms with Gasteiger partial charge in [0.15, 0.2) is 11.3 Å². The Morgan fingerprint density at radius 2 is 1.62 bits per heavy atom. The molecule has 8 nitrogen and oxygen atoms in total. The second-order valence-electron chi connectivity index (χ2n) is 7.68. The number of tetrazole rings is 1. The molecule has 0 amide bonds. The second-order valence-corrected chi connectivity index (χ2v) is 7.68. The minimum atomic E-state index is -0.879. The van der Waals surface area contributed by atoms with Crippen LogP contribution >= 0.6 is 0 Å². The number of benzene rings is 2. The van der Waals surface area contributed by atoms with Gasteiger partial charge in [-0.1, -0.05) is 62.4 Å². The maximum absolute atomic E-state index is 14.5. The highest BCUT2D eigenvalue weighted by molar-refractivity contribution is 5.80. The fourth-order valence-corrected chi connectivity index (χ4v) is 3.79. The summed E-state index contributed by atoms with van der Waals surface area (Å²) >= 11 is 0. The molecule has 2 aromatic carbocycles. The number of fused-ring (bicyclic) bond motifs is 1. The molecule has 3 aromatic heterocycles. The van der Waals surface area contributed by atoms with E-state index in [9.17, 15) is 8.78 Å². The van der Waals surface area contributed by atoms with E-state index >= 15 is 0 Å². The van der Waals surface area contributed by atoms with Crippen LogP contribution in [-0.2, 0) is 6.54 Å². The summed E-state index contributed by atoms with van der Waals surface area (Å²) < 4.78 is 30.2. The summed E-state index contributed by atoms with van der Waals surface area (Å²) in [5.74, 6) is -0.611. The largest absolute Gasteiger partial charge is 0.319 e. The summed E-state index contributed by atoms with van der Waals surface area (Å²) in [6, 6.07) is 15.6. The van der Waals surface area contributed by atoms with Gasteiger partial charge in [-0.05, 0) is 27.1 Å². The molecule has 0 aliphatic heterocycles. The number of rotatable bonds is 5. The average molecular weight is 432 g/mol. The van der Waals surface area contributed by atoms with Crippen molar-refractivity contribution in [3.8, 4) is 22.5 Å². The highest BCUT2D eigenvalue weighted by Gasteiger charge is 2.21. The van der Waals surface area contributed by atoms with Crippen molar-refractivity contribution in [2.45, 2.75) is 26.3 Å². The molecule has 0 fully saturated rings. The Labute approximate surface area is 181 Å². The predicted octanol–water partition coefficient (Wildman–Crippen LogP) is 4.12. The van der Waals surface area contributed by atoms with Gasteiger partial charge >= 0.3 is 0 Å². The molecule has 0 unspecified atom stereocenters. The third-order valence-corrected chi connectivity index (χ3v) is 5.26. The number of H-pyrrole nitrogens is 1. The zero-order valence-electron chi connectivity index (χ0n) is 17.3. The number of imidazole rings is 1. The SMILES string of the molecule is CC(C)c1nc2c(F)nnc(F)c2n1Cc1ccc(-c2ccccc2-c2nnn[nH]2)cc1. The molecule has 32 heavy (non-hydrogen) atoms. The molecule has 0 saturated carbocycles. The Bertz CT molecular complexity index is 1390. The lowest BCUT2D eigenvalue weighted by Gasteiger charge is -2.13. The number of nitrogens with one attached hydrogen (secondary N) is 1. The Hall–Kier alpha value is -4.08. The van der Waals surface area contributed by atoms with E-state index in [1.54, 1.807) is 4.57 Å². The normalized spacial score (nSPS) is 11.5. The maximum atomic E-state index is 14.5. The number of aromatic amines is 1. The average Bonchev–Trinajstić information content (AvgIpc) is 3.46. The highest BCUT2D eigenvalue weighted by atomic mass is 19.1. The van der Waals surface area contributed by atoms with E-state index in [-0.39, 0.29) is 17.0 Å². The summed E-state index contributed by atoms with van der Waals surface area (Å²) in [4.78, 5) is 4.30. The lowest BCUT2D eigenvalue weighted by Crippen LogP contribution is -2.08. The molecular formula is C22H18F2N8. The molecule has 1 N–H and O–H groups in total. The van der Waals surface area contributed by atoms with Crippen LogP contribution in [0, 0.1) is 11.9 Å². The molecule has 0 bridgehead atoms. The van der Waals surface area contributed by atoms with Crippen molar-refractivity contribution in [3.05, 3.63) is 71.8 Å². The molecule has 5 rings (SSSR count). The van der Waals surface area contributed by atoms with Gasteiger partial charge in [-0.3, -0.25) is 0 Å². The van der Waals surface area contributed by atoms with E-state index in [1.807, 2.05) is 62.4 Å². The molecule has 160 valence electrons. The Balaban J connectivity index is 1.53. The molecule has 10 heteroatoms. The van der Waals surface area contributed by atoms with Gasteiger partial charge in [-0.2, -0.15) is 8.78 Å². The monoisotopic (exact) mass is 432 g/mol. The summed E-state index contributed by atoms with van der Waals surface area (Å²) in [5.41, 5.74) is 3.65. The van der Waals surface area contributed by atoms with Crippen LogP contribution in [0.2, 0.25) is 0 Å². The third kappa shape index (κ3) is 3.39. The molecule has 0 radical (unpaired) electrons. The minimum absolute atomic E-state index is 0.0217. The smallest absolute Gasteiger partial charge is 0.261 e. The molecule has 0 atom stereocenters. The number of nitrogens with zero attached hydrogens (tertiary/aromatic N) is 7. The maximum Gasteiger partial charge on any atom is 0.261 e. The van der Waals surface area contributed by atoms with Crippen LogP contribution in [0.1, 0.15) is 31.2 Å². The molecule has 3 heterocycles. The first-order valence-corrected chi connectivity index (χ1v) is 10.0. The fraction of sp³-hybridized carbons (Fsp3) is 0.182. The van der Waals surface area contributed by atoms with Crippen LogP contribution in [0.4, 0.5) is 8.78 Å². The van der Waals surface area contributed by atoms with Gasteiger partial charge in [0, 0.05) is 18.0 Å². The number of hydrogen-bond acceptors (Lipinski definition) is 6. The van der Waals surface area contributed by atoms with Crippen LogP contribution in [0.3, 0.4) is 0 Å². The topological polar surface area (TPSA) is 98.1 Å². The summed E-state index contributed by atoms with van der Waals surface area (Å²) in [6.07, 6.45) is 0. The van der Waals surface area contributed by atoms with Crippen LogP contribution < -0.4 is 0 Å². The predicted molar refractivity (Wildman–Crippen MR) is 113 cm³/mol. The lowest BCUT2D eigenvalue weighted by molar-refractivity contribution is 0.519. The molecule has 0 aliphatic carbocycles. The van der Waals surface area contributed by atoms with Crippen LogP contribution in [0.25, 0.3) is 33.5 Å². The molecule has 0 saturated heterocycles. The summed E-state index contributed by atoms with van der Waals surface area (Å²) in [5, 5.41) is 20.6. The van der Waals surface area contributed by atoms with E-state index in [0.717, 1.165) is 22.3 Å². The molecule has 0 aliphatic rings. The van der Waals surface area contributed by atoms with E-state index in [1.165, 1.54) is 0 Å². The first-order chi connectivity index (χ1) is 15.5. The standard InChI is InChI=1S/C22H18F2N8/c1-12(2)22-25-17-18(20(24)27-26-19(17)23)32(22)11-13-7-9-14(10-8-13)15-5-3-4-6-16(15)21-28-30-31-29-21/h3-10,12H,11H2,1-2H3,(H,28,29,30,31). The Kier molecular flexibility index (Phi) is 4.89. The molecular weight excluding hydrogens is 414 g/mol. The van der Waals surface area contributed by atoms with E-state index in [2.05, 4.69) is 35.8 Å². The molecule has 5 aromatic rings. The third-order valence-electron chi connectivity index (χ3n) is 5.26. The van der Waals surface area contributed by atoms with Gasteiger partial charge in [0.05, 0.1) is 0 Å². The van der Waals surface area contributed by atoms with E-state index < -0.39 is 11.9 Å². The van der Waals surface area contributed by atoms with Crippen molar-refractivity contribution in [2.24, 2.45) is 0 Å². The van der Waals surface area contributed by atoms with Gasteiger partial charge in [0.25, 0.3) is 11.9 Å². The van der Waals surface area contributed by atoms with Crippen LogP contribution in [-0.4, -0.2) is 40.4 Å². The molecule has 0 spiro atoms. The highest BCUT2D eigenvalue weighted by Crippen LogP contribution is 2.30. The second kappa shape index (κ2) is 7.88. The summed E-state index contributed by atoms with van der Waals surface area (Å²) in [7, 11) is 0. The minimum Gasteiger partial charge on any atom is -0.319 e. The van der Waals surface area contributed by atoms with Crippen LogP contribution in [0.15, 0.2) is 48.5 Å².